The van der Waals surface area contributed by atoms with Crippen molar-refractivity contribution in [1.29, 1.82) is 0 Å². The van der Waals surface area contributed by atoms with Gasteiger partial charge in [0.25, 0.3) is 5.69 Å². The highest BCUT2D eigenvalue weighted by Crippen LogP contribution is 2.37. The van der Waals surface area contributed by atoms with Gasteiger partial charge in [0.15, 0.2) is 0 Å². The molecular formula is C25H30N4O3. The van der Waals surface area contributed by atoms with Crippen molar-refractivity contribution in [2.45, 2.75) is 45.6 Å². The Hall–Kier alpha value is -3.06. The maximum Gasteiger partial charge on any atom is 0.274 e. The Morgan fingerprint density at radius 2 is 2.03 bits per heavy atom. The lowest BCUT2D eigenvalue weighted by Gasteiger charge is -2.31. The molecule has 0 aromatic heterocycles. The standard InChI is InChI=1S/C25H30N4O3/c1-18-7-5-9-20(15-18)22-16-24(21-10-3-4-11-23(21)29(31)32)28(26-22)25(30)12-14-27-13-6-8-19(2)17-27/h3-5,7,9-11,15,19,24H,6,8,12-14,16-17H2,1-2H3/t19-,24+/m0/s1. The molecule has 4 rings (SSSR count). The molecule has 168 valence electrons. The Morgan fingerprint density at radius 1 is 1.22 bits per heavy atom. The normalized spacial score (nSPS) is 21.4. The first-order chi connectivity index (χ1) is 15.4. The molecule has 2 atom stereocenters. The van der Waals surface area contributed by atoms with Crippen molar-refractivity contribution in [3.63, 3.8) is 0 Å². The lowest BCUT2D eigenvalue weighted by Crippen LogP contribution is -2.37. The van der Waals surface area contributed by atoms with Crippen LogP contribution in [-0.4, -0.2) is 46.1 Å². The molecule has 0 radical (unpaired) electrons. The van der Waals surface area contributed by atoms with Crippen LogP contribution in [-0.2, 0) is 4.79 Å². The monoisotopic (exact) mass is 434 g/mol. The second kappa shape index (κ2) is 9.61. The predicted molar refractivity (Wildman–Crippen MR) is 124 cm³/mol. The Morgan fingerprint density at radius 3 is 2.78 bits per heavy atom. The highest BCUT2D eigenvalue weighted by Gasteiger charge is 2.36. The van der Waals surface area contributed by atoms with Gasteiger partial charge in [-0.05, 0) is 43.9 Å². The number of para-hydroxylation sites is 1. The van der Waals surface area contributed by atoms with Crippen LogP contribution in [0.2, 0.25) is 0 Å². The van der Waals surface area contributed by atoms with E-state index >= 15 is 0 Å². The fourth-order valence-corrected chi connectivity index (χ4v) is 4.78. The number of carbonyl (C=O) groups excluding carboxylic acids is 1. The molecule has 2 aliphatic rings. The second-order valence-electron chi connectivity index (χ2n) is 8.99. The van der Waals surface area contributed by atoms with Gasteiger partial charge in [-0.25, -0.2) is 5.01 Å². The van der Waals surface area contributed by atoms with Gasteiger partial charge in [0.2, 0.25) is 5.91 Å². The van der Waals surface area contributed by atoms with Gasteiger partial charge in [0, 0.05) is 32.0 Å². The van der Waals surface area contributed by atoms with Crippen molar-refractivity contribution in [3.8, 4) is 0 Å². The average molecular weight is 435 g/mol. The number of piperidine rings is 1. The van der Waals surface area contributed by atoms with Crippen LogP contribution in [0.15, 0.2) is 53.6 Å². The molecule has 0 unspecified atom stereocenters. The number of hydrogen-bond donors (Lipinski definition) is 0. The van der Waals surface area contributed by atoms with E-state index in [-0.39, 0.29) is 16.5 Å². The number of hydrazone groups is 1. The zero-order valence-electron chi connectivity index (χ0n) is 18.7. The van der Waals surface area contributed by atoms with Crippen molar-refractivity contribution in [1.82, 2.24) is 9.91 Å². The van der Waals surface area contributed by atoms with E-state index < -0.39 is 6.04 Å². The van der Waals surface area contributed by atoms with Gasteiger partial charge < -0.3 is 4.90 Å². The molecule has 1 saturated heterocycles. The maximum absolute atomic E-state index is 13.3. The summed E-state index contributed by atoms with van der Waals surface area (Å²) in [6.07, 6.45) is 3.21. The van der Waals surface area contributed by atoms with Crippen LogP contribution in [0, 0.1) is 23.0 Å². The molecule has 1 fully saturated rings. The number of carbonyl (C=O) groups is 1. The summed E-state index contributed by atoms with van der Waals surface area (Å²) in [4.78, 5) is 26.9. The molecular weight excluding hydrogens is 404 g/mol. The quantitative estimate of drug-likeness (QED) is 0.487. The minimum atomic E-state index is -0.472. The van der Waals surface area contributed by atoms with E-state index in [1.165, 1.54) is 17.5 Å². The first-order valence-electron chi connectivity index (χ1n) is 11.3. The van der Waals surface area contributed by atoms with Gasteiger partial charge in [-0.1, -0.05) is 48.9 Å². The maximum atomic E-state index is 13.3. The molecule has 2 heterocycles. The van der Waals surface area contributed by atoms with Crippen LogP contribution in [0.25, 0.3) is 0 Å². The lowest BCUT2D eigenvalue weighted by atomic mass is 9.96. The number of nitro groups is 1. The predicted octanol–water partition coefficient (Wildman–Crippen LogP) is 4.70. The highest BCUT2D eigenvalue weighted by atomic mass is 16.6. The van der Waals surface area contributed by atoms with Crippen molar-refractivity contribution < 1.29 is 9.72 Å². The van der Waals surface area contributed by atoms with Gasteiger partial charge in [-0.15, -0.1) is 0 Å². The zero-order valence-corrected chi connectivity index (χ0v) is 18.7. The SMILES string of the molecule is Cc1cccc(C2=NN(C(=O)CCN3CCC[C@H](C)C3)[C@@H](c3ccccc3[N+](=O)[O-])C2)c1. The molecule has 0 bridgehead atoms. The molecule has 32 heavy (non-hydrogen) atoms. The van der Waals surface area contributed by atoms with Gasteiger partial charge in [-0.3, -0.25) is 14.9 Å². The summed E-state index contributed by atoms with van der Waals surface area (Å²) < 4.78 is 0. The number of hydrogen-bond acceptors (Lipinski definition) is 5. The Kier molecular flexibility index (Phi) is 6.65. The molecule has 2 aromatic rings. The largest absolute Gasteiger partial charge is 0.303 e. The van der Waals surface area contributed by atoms with Gasteiger partial charge in [0.05, 0.1) is 22.2 Å². The number of nitrogens with zero attached hydrogens (tertiary/aromatic N) is 4. The summed E-state index contributed by atoms with van der Waals surface area (Å²) in [5.41, 5.74) is 3.41. The summed E-state index contributed by atoms with van der Waals surface area (Å²) in [5, 5.41) is 17.9. The molecule has 0 spiro atoms. The third-order valence-corrected chi connectivity index (χ3v) is 6.39. The van der Waals surface area contributed by atoms with E-state index in [1.807, 2.05) is 31.2 Å². The van der Waals surface area contributed by atoms with E-state index in [0.717, 1.165) is 36.3 Å². The lowest BCUT2D eigenvalue weighted by molar-refractivity contribution is -0.385. The minimum absolute atomic E-state index is 0.0286. The van der Waals surface area contributed by atoms with Crippen molar-refractivity contribution >= 4 is 17.3 Å². The molecule has 2 aromatic carbocycles. The molecule has 0 N–H and O–H groups in total. The summed E-state index contributed by atoms with van der Waals surface area (Å²) in [6, 6.07) is 14.2. The third-order valence-electron chi connectivity index (χ3n) is 6.39. The number of aryl methyl sites for hydroxylation is 1. The van der Waals surface area contributed by atoms with Crippen LogP contribution in [0.3, 0.4) is 0 Å². The van der Waals surface area contributed by atoms with Crippen LogP contribution in [0.5, 0.6) is 0 Å². The molecule has 7 heteroatoms. The van der Waals surface area contributed by atoms with E-state index in [9.17, 15) is 14.9 Å². The highest BCUT2D eigenvalue weighted by molar-refractivity contribution is 6.03. The summed E-state index contributed by atoms with van der Waals surface area (Å²) in [7, 11) is 0. The van der Waals surface area contributed by atoms with Gasteiger partial charge in [0.1, 0.15) is 0 Å². The molecule has 0 saturated carbocycles. The van der Waals surface area contributed by atoms with Crippen LogP contribution in [0.4, 0.5) is 5.69 Å². The first kappa shape index (κ1) is 22.1. The average Bonchev–Trinajstić information content (AvgIpc) is 3.23. The fraction of sp³-hybridized carbons (Fsp3) is 0.440. The summed E-state index contributed by atoms with van der Waals surface area (Å²) in [5.74, 6) is 0.560. The Bertz CT molecular complexity index is 1040. The van der Waals surface area contributed by atoms with Crippen LogP contribution in [0.1, 0.15) is 55.3 Å². The summed E-state index contributed by atoms with van der Waals surface area (Å²) >= 11 is 0. The second-order valence-corrected chi connectivity index (χ2v) is 8.99. The smallest absolute Gasteiger partial charge is 0.274 e. The van der Waals surface area contributed by atoms with E-state index in [4.69, 9.17) is 5.10 Å². The number of rotatable bonds is 6. The van der Waals surface area contributed by atoms with Crippen LogP contribution < -0.4 is 0 Å². The number of benzene rings is 2. The third kappa shape index (κ3) is 4.88. The summed E-state index contributed by atoms with van der Waals surface area (Å²) in [6.45, 7) is 6.98. The first-order valence-corrected chi connectivity index (χ1v) is 11.3. The van der Waals surface area contributed by atoms with E-state index in [1.54, 1.807) is 18.2 Å². The van der Waals surface area contributed by atoms with E-state index in [0.29, 0.717) is 30.9 Å². The Labute approximate surface area is 188 Å². The zero-order chi connectivity index (χ0) is 22.7. The topological polar surface area (TPSA) is 79.0 Å². The van der Waals surface area contributed by atoms with Crippen molar-refractivity contribution in [3.05, 3.63) is 75.3 Å². The molecule has 0 aliphatic carbocycles. The Balaban J connectivity index is 1.60. The number of nitro benzene ring substituents is 1. The number of likely N-dealkylation sites (tertiary alicyclic amines) is 1. The van der Waals surface area contributed by atoms with Crippen LogP contribution >= 0.6 is 0 Å². The molecule has 2 aliphatic heterocycles. The fourth-order valence-electron chi connectivity index (χ4n) is 4.78. The van der Waals surface area contributed by atoms with Crippen molar-refractivity contribution in [2.75, 3.05) is 19.6 Å². The van der Waals surface area contributed by atoms with Crippen molar-refractivity contribution in [2.24, 2.45) is 11.0 Å². The minimum Gasteiger partial charge on any atom is -0.303 e. The van der Waals surface area contributed by atoms with Gasteiger partial charge >= 0.3 is 0 Å². The molecule has 1 amide bonds. The number of amides is 1. The van der Waals surface area contributed by atoms with Gasteiger partial charge in [-0.2, -0.15) is 5.10 Å². The molecule has 7 nitrogen and oxygen atoms in total. The van der Waals surface area contributed by atoms with E-state index in [2.05, 4.69) is 11.8 Å².